The number of hydrogen-bond donors (Lipinski definition) is 1. The SMILES string of the molecule is O=C(NCc1ccc2c(c1)CCO2)c1ccc(F)c(F)c1F. The van der Waals surface area contributed by atoms with Crippen LogP contribution in [0.15, 0.2) is 30.3 Å². The minimum atomic E-state index is -1.65. The molecule has 0 saturated carbocycles. The predicted molar refractivity (Wildman–Crippen MR) is 73.1 cm³/mol. The van der Waals surface area contributed by atoms with Gasteiger partial charge in [-0.3, -0.25) is 4.79 Å². The fourth-order valence-corrected chi connectivity index (χ4v) is 2.33. The lowest BCUT2D eigenvalue weighted by Gasteiger charge is -2.08. The predicted octanol–water partition coefficient (Wildman–Crippen LogP) is 2.97. The van der Waals surface area contributed by atoms with Crippen molar-refractivity contribution in [2.24, 2.45) is 0 Å². The van der Waals surface area contributed by atoms with E-state index >= 15 is 0 Å². The van der Waals surface area contributed by atoms with Crippen LogP contribution in [-0.2, 0) is 13.0 Å². The first-order chi connectivity index (χ1) is 10.6. The van der Waals surface area contributed by atoms with Crippen molar-refractivity contribution in [1.82, 2.24) is 5.32 Å². The summed E-state index contributed by atoms with van der Waals surface area (Å²) in [6.45, 7) is 0.787. The molecule has 1 aliphatic rings. The maximum Gasteiger partial charge on any atom is 0.254 e. The average Bonchev–Trinajstić information content (AvgIpc) is 2.98. The van der Waals surface area contributed by atoms with E-state index in [1.54, 1.807) is 6.07 Å². The minimum absolute atomic E-state index is 0.157. The summed E-state index contributed by atoms with van der Waals surface area (Å²) >= 11 is 0. The highest BCUT2D eigenvalue weighted by Crippen LogP contribution is 2.25. The van der Waals surface area contributed by atoms with Crippen LogP contribution in [-0.4, -0.2) is 12.5 Å². The number of halogens is 3. The number of carbonyl (C=O) groups is 1. The van der Waals surface area contributed by atoms with Gasteiger partial charge in [0.15, 0.2) is 17.5 Å². The van der Waals surface area contributed by atoms with E-state index in [1.165, 1.54) is 0 Å². The molecule has 0 unspecified atom stereocenters. The van der Waals surface area contributed by atoms with Crippen LogP contribution in [0.4, 0.5) is 13.2 Å². The van der Waals surface area contributed by atoms with Gasteiger partial charge in [0.25, 0.3) is 5.91 Å². The number of hydrogen-bond acceptors (Lipinski definition) is 2. The smallest absolute Gasteiger partial charge is 0.254 e. The summed E-state index contributed by atoms with van der Waals surface area (Å²) in [4.78, 5) is 11.9. The van der Waals surface area contributed by atoms with E-state index in [9.17, 15) is 18.0 Å². The lowest BCUT2D eigenvalue weighted by molar-refractivity contribution is 0.0945. The molecule has 0 fully saturated rings. The maximum absolute atomic E-state index is 13.5. The molecule has 0 bridgehead atoms. The zero-order valence-corrected chi connectivity index (χ0v) is 11.5. The standard InChI is InChI=1S/C16H12F3NO2/c17-12-3-2-11(14(18)15(12)19)16(21)20-8-9-1-4-13-10(7-9)5-6-22-13/h1-4,7H,5-6,8H2,(H,20,21). The number of amides is 1. The first-order valence-corrected chi connectivity index (χ1v) is 6.72. The van der Waals surface area contributed by atoms with Crippen LogP contribution in [0.1, 0.15) is 21.5 Å². The third-order valence-corrected chi connectivity index (χ3v) is 3.49. The molecule has 0 atom stereocenters. The molecule has 1 amide bonds. The van der Waals surface area contributed by atoms with Gasteiger partial charge < -0.3 is 10.1 Å². The second-order valence-corrected chi connectivity index (χ2v) is 4.95. The number of nitrogens with one attached hydrogen (secondary N) is 1. The van der Waals surface area contributed by atoms with Crippen molar-refractivity contribution in [1.29, 1.82) is 0 Å². The van der Waals surface area contributed by atoms with Gasteiger partial charge in [-0.1, -0.05) is 12.1 Å². The first kappa shape index (κ1) is 14.4. The van der Waals surface area contributed by atoms with Gasteiger partial charge >= 0.3 is 0 Å². The normalized spacial score (nSPS) is 12.7. The number of carbonyl (C=O) groups excluding carboxylic acids is 1. The van der Waals surface area contributed by atoms with Gasteiger partial charge in [-0.15, -0.1) is 0 Å². The summed E-state index contributed by atoms with van der Waals surface area (Å²) in [5, 5.41) is 2.49. The van der Waals surface area contributed by atoms with E-state index in [0.29, 0.717) is 6.61 Å². The maximum atomic E-state index is 13.5. The lowest BCUT2D eigenvalue weighted by atomic mass is 10.1. The third kappa shape index (κ3) is 2.64. The molecular weight excluding hydrogens is 295 g/mol. The highest BCUT2D eigenvalue weighted by Gasteiger charge is 2.19. The van der Waals surface area contributed by atoms with Crippen LogP contribution < -0.4 is 10.1 Å². The monoisotopic (exact) mass is 307 g/mol. The molecule has 1 N–H and O–H groups in total. The molecule has 3 nitrogen and oxygen atoms in total. The van der Waals surface area contributed by atoms with Crippen molar-refractivity contribution >= 4 is 5.91 Å². The van der Waals surface area contributed by atoms with E-state index in [2.05, 4.69) is 5.32 Å². The van der Waals surface area contributed by atoms with Crippen LogP contribution >= 0.6 is 0 Å². The summed E-state index contributed by atoms with van der Waals surface area (Å²) in [5.41, 5.74) is 1.34. The highest BCUT2D eigenvalue weighted by atomic mass is 19.2. The summed E-state index contributed by atoms with van der Waals surface area (Å²) in [6.07, 6.45) is 0.801. The Bertz CT molecular complexity index is 746. The zero-order valence-electron chi connectivity index (χ0n) is 11.5. The Balaban J connectivity index is 1.71. The Hall–Kier alpha value is -2.50. The van der Waals surface area contributed by atoms with Gasteiger partial charge in [0.2, 0.25) is 0 Å². The van der Waals surface area contributed by atoms with E-state index in [1.807, 2.05) is 12.1 Å². The second-order valence-electron chi connectivity index (χ2n) is 4.95. The molecule has 6 heteroatoms. The highest BCUT2D eigenvalue weighted by molar-refractivity contribution is 5.94. The van der Waals surface area contributed by atoms with E-state index in [0.717, 1.165) is 35.4 Å². The van der Waals surface area contributed by atoms with Crippen LogP contribution in [0.25, 0.3) is 0 Å². The van der Waals surface area contributed by atoms with E-state index in [4.69, 9.17) is 4.74 Å². The Morgan fingerprint density at radius 3 is 2.77 bits per heavy atom. The van der Waals surface area contributed by atoms with Crippen molar-refractivity contribution in [2.45, 2.75) is 13.0 Å². The van der Waals surface area contributed by atoms with E-state index < -0.39 is 28.9 Å². The first-order valence-electron chi connectivity index (χ1n) is 6.72. The van der Waals surface area contributed by atoms with E-state index in [-0.39, 0.29) is 6.54 Å². The van der Waals surface area contributed by atoms with Gasteiger partial charge in [0.05, 0.1) is 12.2 Å². The molecule has 0 saturated heterocycles. The Morgan fingerprint density at radius 2 is 1.95 bits per heavy atom. The van der Waals surface area contributed by atoms with Crippen molar-refractivity contribution in [3.63, 3.8) is 0 Å². The van der Waals surface area contributed by atoms with Gasteiger partial charge in [-0.05, 0) is 29.3 Å². The molecule has 2 aromatic rings. The molecule has 0 radical (unpaired) electrons. The van der Waals surface area contributed by atoms with Gasteiger partial charge in [-0.2, -0.15) is 0 Å². The summed E-state index contributed by atoms with van der Waals surface area (Å²) in [7, 11) is 0. The van der Waals surface area contributed by atoms with Crippen molar-refractivity contribution in [3.05, 3.63) is 64.5 Å². The van der Waals surface area contributed by atoms with Crippen LogP contribution in [0.5, 0.6) is 5.75 Å². The lowest BCUT2D eigenvalue weighted by Crippen LogP contribution is -2.24. The minimum Gasteiger partial charge on any atom is -0.493 e. The van der Waals surface area contributed by atoms with Crippen LogP contribution in [0.2, 0.25) is 0 Å². The molecule has 114 valence electrons. The summed E-state index contributed by atoms with van der Waals surface area (Å²) in [6, 6.07) is 7.12. The fourth-order valence-electron chi connectivity index (χ4n) is 2.33. The number of fused-ring (bicyclic) bond motifs is 1. The van der Waals surface area contributed by atoms with Gasteiger partial charge in [0, 0.05) is 13.0 Å². The summed E-state index contributed by atoms with van der Waals surface area (Å²) in [5.74, 6) is -4.44. The molecule has 1 heterocycles. The zero-order chi connectivity index (χ0) is 15.7. The van der Waals surface area contributed by atoms with Crippen LogP contribution in [0.3, 0.4) is 0 Å². The number of ether oxygens (including phenoxy) is 1. The topological polar surface area (TPSA) is 38.3 Å². The number of rotatable bonds is 3. The number of benzene rings is 2. The molecule has 0 spiro atoms. The molecule has 22 heavy (non-hydrogen) atoms. The molecule has 3 rings (SSSR count). The largest absolute Gasteiger partial charge is 0.493 e. The molecule has 0 aromatic heterocycles. The Labute approximate surface area is 124 Å². The third-order valence-electron chi connectivity index (χ3n) is 3.49. The van der Waals surface area contributed by atoms with Crippen molar-refractivity contribution < 1.29 is 22.7 Å². The average molecular weight is 307 g/mol. The van der Waals surface area contributed by atoms with Gasteiger partial charge in [-0.25, -0.2) is 13.2 Å². The summed E-state index contributed by atoms with van der Waals surface area (Å²) < 4.78 is 44.9. The van der Waals surface area contributed by atoms with Crippen molar-refractivity contribution in [3.8, 4) is 5.75 Å². The Kier molecular flexibility index (Phi) is 3.75. The van der Waals surface area contributed by atoms with Crippen LogP contribution in [0, 0.1) is 17.5 Å². The molecule has 1 aliphatic heterocycles. The second kappa shape index (κ2) is 5.71. The van der Waals surface area contributed by atoms with Gasteiger partial charge in [0.1, 0.15) is 5.75 Å². The molecular formula is C16H12F3NO2. The molecule has 0 aliphatic carbocycles. The Morgan fingerprint density at radius 1 is 1.14 bits per heavy atom. The molecule has 2 aromatic carbocycles. The fraction of sp³-hybridized carbons (Fsp3) is 0.188. The van der Waals surface area contributed by atoms with Crippen molar-refractivity contribution in [2.75, 3.05) is 6.61 Å². The quantitative estimate of drug-likeness (QED) is 0.885.